The number of hydrogen-bond donors (Lipinski definition) is 1. The van der Waals surface area contributed by atoms with Crippen LogP contribution in [0.4, 0.5) is 4.79 Å². The quantitative estimate of drug-likeness (QED) is 0.300. The largest absolute Gasteiger partial charge is 0.487 e. The normalized spacial score (nSPS) is 27.7. The fourth-order valence-electron chi connectivity index (χ4n) is 8.35. The van der Waals surface area contributed by atoms with Gasteiger partial charge in [0.1, 0.15) is 35.8 Å². The summed E-state index contributed by atoms with van der Waals surface area (Å²) in [6, 6.07) is 3.99. The number of benzene rings is 1. The van der Waals surface area contributed by atoms with Crippen LogP contribution in [0.5, 0.6) is 11.6 Å². The summed E-state index contributed by atoms with van der Waals surface area (Å²) in [4.78, 5) is 61.5. The van der Waals surface area contributed by atoms with Crippen molar-refractivity contribution in [3.63, 3.8) is 0 Å². The zero-order chi connectivity index (χ0) is 37.0. The van der Waals surface area contributed by atoms with Gasteiger partial charge in [-0.3, -0.25) is 19.6 Å². The van der Waals surface area contributed by atoms with Crippen molar-refractivity contribution in [1.29, 1.82) is 0 Å². The molecule has 0 unspecified atom stereocenters. The van der Waals surface area contributed by atoms with Gasteiger partial charge in [-0.25, -0.2) is 14.8 Å². The van der Waals surface area contributed by atoms with E-state index in [1.165, 1.54) is 6.92 Å². The lowest BCUT2D eigenvalue weighted by atomic mass is 9.85. The maximum Gasteiger partial charge on any atom is 0.408 e. The molecule has 2 aromatic heterocycles. The van der Waals surface area contributed by atoms with Gasteiger partial charge in [0, 0.05) is 24.4 Å². The number of nitrogens with zero attached hydrogens (tertiary/aromatic N) is 5. The van der Waals surface area contributed by atoms with Crippen LogP contribution in [0.25, 0.3) is 11.0 Å². The molecule has 2 bridgehead atoms. The van der Waals surface area contributed by atoms with Crippen molar-refractivity contribution in [2.75, 3.05) is 6.54 Å². The van der Waals surface area contributed by atoms with Crippen LogP contribution in [0.15, 0.2) is 36.8 Å². The molecule has 0 spiro atoms. The van der Waals surface area contributed by atoms with E-state index in [4.69, 9.17) is 24.2 Å². The smallest absolute Gasteiger partial charge is 0.408 e. The number of amides is 2. The molecule has 2 aliphatic heterocycles. The van der Waals surface area contributed by atoms with E-state index in [1.807, 2.05) is 52.8 Å². The van der Waals surface area contributed by atoms with Gasteiger partial charge >= 0.3 is 6.09 Å². The van der Waals surface area contributed by atoms with Crippen LogP contribution in [0.1, 0.15) is 111 Å². The second-order valence-corrected chi connectivity index (χ2v) is 16.1. The Morgan fingerprint density at radius 1 is 1.06 bits per heavy atom. The average molecular weight is 715 g/mol. The van der Waals surface area contributed by atoms with Gasteiger partial charge in [-0.05, 0) is 82.3 Å². The van der Waals surface area contributed by atoms with Gasteiger partial charge in [0.25, 0.3) is 0 Å². The Kier molecular flexibility index (Phi) is 11.3. The number of ketones is 1. The molecule has 12 nitrogen and oxygen atoms in total. The van der Waals surface area contributed by atoms with Gasteiger partial charge in [-0.1, -0.05) is 47.0 Å². The molecular weight excluding hydrogens is 660 g/mol. The third kappa shape index (κ3) is 8.31. The van der Waals surface area contributed by atoms with Crippen molar-refractivity contribution in [1.82, 2.24) is 30.2 Å². The Balaban J connectivity index is 1.34. The molecule has 6 rings (SSSR count). The van der Waals surface area contributed by atoms with Crippen LogP contribution < -0.4 is 14.8 Å². The maximum atomic E-state index is 14.5. The number of aryl methyl sites for hydroxylation is 1. The molecule has 0 radical (unpaired) electrons. The van der Waals surface area contributed by atoms with Crippen molar-refractivity contribution in [3.8, 4) is 11.6 Å². The van der Waals surface area contributed by atoms with Gasteiger partial charge < -0.3 is 24.4 Å². The summed E-state index contributed by atoms with van der Waals surface area (Å²) >= 11 is 0. The molecule has 6 atom stereocenters. The van der Waals surface area contributed by atoms with E-state index in [2.05, 4.69) is 15.3 Å². The minimum Gasteiger partial charge on any atom is -0.487 e. The van der Waals surface area contributed by atoms with Gasteiger partial charge in [0.15, 0.2) is 5.78 Å². The first-order chi connectivity index (χ1) is 24.9. The third-order valence-electron chi connectivity index (χ3n) is 11.2. The molecule has 2 amide bonds. The Hall–Kier alpha value is -4.35. The molecule has 2 fully saturated rings. The first-order valence-electron chi connectivity index (χ1n) is 19.0. The first-order valence-corrected chi connectivity index (χ1v) is 19.0. The number of hydrogen-bond acceptors (Lipinski definition) is 10. The standard InChI is InChI=1S/C40H54N6O6/c1-7-29-33-23-46(34(29)25(2)47)37(48)35(39(3,4)5)45-38(49)52-40(6)18-12-14-26(40)13-10-8-9-11-15-31-36(51-33)44-32-21-28(16-17-30(32)43-31)50-24-27-22-41-19-20-42-27/h16-17,19-22,26,29,33-35H,7-15,18,23-24H2,1-6H3,(H,45,49)/t26-,29-,33+,34-,35-,40-/m1/s1. The predicted molar refractivity (Wildman–Crippen MR) is 196 cm³/mol. The molecule has 1 aliphatic carbocycles. The highest BCUT2D eigenvalue weighted by Crippen LogP contribution is 2.42. The SMILES string of the molecule is CC[C@@H]1[C@@H]2CN(C(=O)[C@H](C(C)(C)C)NC(=O)O[C@]3(C)CCC[C@H]3CCCCCCc3nc4ccc(OCc5cnccn5)cc4nc3O2)[C@@H]1C(C)=O. The van der Waals surface area contributed by atoms with Crippen LogP contribution in [0.2, 0.25) is 0 Å². The molecule has 3 aromatic rings. The zero-order valence-electron chi connectivity index (χ0n) is 31.5. The van der Waals surface area contributed by atoms with Crippen LogP contribution in [-0.4, -0.2) is 73.0 Å². The van der Waals surface area contributed by atoms with Crippen molar-refractivity contribution < 1.29 is 28.6 Å². The zero-order valence-corrected chi connectivity index (χ0v) is 31.5. The number of nitrogens with one attached hydrogen (secondary N) is 1. The second kappa shape index (κ2) is 15.7. The Morgan fingerprint density at radius 3 is 2.58 bits per heavy atom. The number of carbonyl (C=O) groups excluding carboxylic acids is 3. The van der Waals surface area contributed by atoms with Crippen molar-refractivity contribution >= 4 is 28.8 Å². The number of Topliss-reactive ketones (excluding diaryl/α,β-unsaturated/α-hetero) is 1. The van der Waals surface area contributed by atoms with Gasteiger partial charge in [0.05, 0.1) is 35.5 Å². The first kappa shape index (κ1) is 37.4. The highest BCUT2D eigenvalue weighted by molar-refractivity contribution is 5.92. The molecule has 1 saturated heterocycles. The van der Waals surface area contributed by atoms with Crippen molar-refractivity contribution in [2.45, 2.75) is 136 Å². The molecule has 3 aliphatic rings. The Bertz CT molecular complexity index is 1750. The minimum absolute atomic E-state index is 0.125. The monoisotopic (exact) mass is 714 g/mol. The summed E-state index contributed by atoms with van der Waals surface area (Å²) in [5.74, 6) is 0.547. The number of aromatic nitrogens is 4. The number of rotatable bonds is 5. The second-order valence-electron chi connectivity index (χ2n) is 16.1. The molecule has 52 heavy (non-hydrogen) atoms. The molecule has 1 aromatic carbocycles. The summed E-state index contributed by atoms with van der Waals surface area (Å²) in [6.45, 7) is 11.7. The molecule has 1 saturated carbocycles. The Labute approximate surface area is 306 Å². The summed E-state index contributed by atoms with van der Waals surface area (Å²) in [5, 5.41) is 2.95. The number of carbonyl (C=O) groups is 3. The lowest BCUT2D eigenvalue weighted by molar-refractivity contribution is -0.141. The van der Waals surface area contributed by atoms with Gasteiger partial charge in [-0.2, -0.15) is 0 Å². The van der Waals surface area contributed by atoms with Crippen LogP contribution in [-0.2, 0) is 27.4 Å². The Morgan fingerprint density at radius 2 is 1.85 bits per heavy atom. The van der Waals surface area contributed by atoms with Crippen molar-refractivity contribution in [3.05, 3.63) is 48.2 Å². The van der Waals surface area contributed by atoms with Crippen LogP contribution in [0, 0.1) is 17.3 Å². The average Bonchev–Trinajstić information content (AvgIpc) is 3.66. The fraction of sp³-hybridized carbons (Fsp3) is 0.625. The topological polar surface area (TPSA) is 146 Å². The van der Waals surface area contributed by atoms with E-state index in [1.54, 1.807) is 23.5 Å². The fourth-order valence-corrected chi connectivity index (χ4v) is 8.35. The van der Waals surface area contributed by atoms with E-state index in [9.17, 15) is 14.4 Å². The highest BCUT2D eigenvalue weighted by atomic mass is 16.6. The molecule has 4 heterocycles. The van der Waals surface area contributed by atoms with E-state index < -0.39 is 35.3 Å². The predicted octanol–water partition coefficient (Wildman–Crippen LogP) is 6.78. The lowest BCUT2D eigenvalue weighted by Gasteiger charge is -2.37. The molecule has 1 N–H and O–H groups in total. The van der Waals surface area contributed by atoms with E-state index in [-0.39, 0.29) is 36.7 Å². The lowest BCUT2D eigenvalue weighted by Crippen LogP contribution is -2.58. The highest BCUT2D eigenvalue weighted by Gasteiger charge is 2.50. The minimum atomic E-state index is -0.917. The van der Waals surface area contributed by atoms with E-state index >= 15 is 0 Å². The van der Waals surface area contributed by atoms with E-state index in [0.29, 0.717) is 35.7 Å². The number of fused-ring (bicyclic) bond motifs is 5. The molecular formula is C40H54N6O6. The van der Waals surface area contributed by atoms with Gasteiger partial charge in [-0.15, -0.1) is 0 Å². The summed E-state index contributed by atoms with van der Waals surface area (Å²) in [5.41, 5.74) is 1.57. The van der Waals surface area contributed by atoms with Crippen LogP contribution in [0.3, 0.4) is 0 Å². The maximum absolute atomic E-state index is 14.5. The number of alkyl carbamates (subject to hydrolysis) is 1. The third-order valence-corrected chi connectivity index (χ3v) is 11.2. The number of ether oxygens (including phenoxy) is 3. The summed E-state index contributed by atoms with van der Waals surface area (Å²) in [7, 11) is 0. The summed E-state index contributed by atoms with van der Waals surface area (Å²) in [6.07, 6.45) is 12.9. The molecule has 280 valence electrons. The van der Waals surface area contributed by atoms with Crippen molar-refractivity contribution in [2.24, 2.45) is 17.3 Å². The van der Waals surface area contributed by atoms with Gasteiger partial charge in [0.2, 0.25) is 11.8 Å². The summed E-state index contributed by atoms with van der Waals surface area (Å²) < 4.78 is 19.0. The molecule has 12 heteroatoms. The van der Waals surface area contributed by atoms with E-state index in [0.717, 1.165) is 62.6 Å². The van der Waals surface area contributed by atoms with Crippen LogP contribution >= 0.6 is 0 Å².